The number of nitrogens with one attached hydrogen (secondary N) is 1. The summed E-state index contributed by atoms with van der Waals surface area (Å²) in [5.41, 5.74) is 0.637. The third kappa shape index (κ3) is 5.28. The molecule has 0 aliphatic carbocycles. The predicted octanol–water partition coefficient (Wildman–Crippen LogP) is 4.23. The lowest BCUT2D eigenvalue weighted by atomic mass is 10.2. The zero-order valence-electron chi connectivity index (χ0n) is 10.9. The van der Waals surface area contributed by atoms with Crippen LogP contribution in [0.3, 0.4) is 0 Å². The fraction of sp³-hybridized carbons (Fsp3) is 0.538. The lowest BCUT2D eigenvalue weighted by molar-refractivity contribution is -0.125. The van der Waals surface area contributed by atoms with Gasteiger partial charge in [0.1, 0.15) is 5.75 Å². The first kappa shape index (κ1) is 17.2. The molecule has 1 N–H and O–H groups in total. The highest BCUT2D eigenvalue weighted by Crippen LogP contribution is 2.25. The monoisotopic (exact) mass is 357 g/mol. The van der Waals surface area contributed by atoms with Crippen molar-refractivity contribution in [2.75, 3.05) is 13.2 Å². The molecule has 0 amide bonds. The minimum atomic E-state index is -4.03. The maximum absolute atomic E-state index is 12.8. The molecule has 0 atom stereocenters. The van der Waals surface area contributed by atoms with Crippen LogP contribution in [0.15, 0.2) is 22.7 Å². The standard InChI is InChI=1S/C13H16BrF4NO/c1-2-5-20-11-4-3-10(14)6-9(11)7-19-8-13(17,18)12(15)16/h3-4,6,12,19H,2,5,7-8H2,1H3. The molecule has 1 rings (SSSR count). The van der Waals surface area contributed by atoms with Crippen LogP contribution in [0.2, 0.25) is 0 Å². The van der Waals surface area contributed by atoms with Gasteiger partial charge in [0.05, 0.1) is 13.2 Å². The summed E-state index contributed by atoms with van der Waals surface area (Å²) in [7, 11) is 0. The minimum Gasteiger partial charge on any atom is -0.493 e. The number of hydrogen-bond donors (Lipinski definition) is 1. The average molecular weight is 358 g/mol. The largest absolute Gasteiger partial charge is 0.493 e. The number of halogens is 5. The molecule has 0 radical (unpaired) electrons. The van der Waals surface area contributed by atoms with Gasteiger partial charge in [-0.2, -0.15) is 8.78 Å². The second-order valence-corrected chi connectivity index (χ2v) is 5.18. The number of hydrogen-bond acceptors (Lipinski definition) is 2. The Kier molecular flexibility index (Phi) is 6.75. The summed E-state index contributed by atoms with van der Waals surface area (Å²) in [5, 5.41) is 2.34. The third-order valence-electron chi connectivity index (χ3n) is 2.48. The molecule has 0 heterocycles. The van der Waals surface area contributed by atoms with Gasteiger partial charge in [-0.15, -0.1) is 0 Å². The number of ether oxygens (including phenoxy) is 1. The molecule has 20 heavy (non-hydrogen) atoms. The maximum Gasteiger partial charge on any atom is 0.319 e. The van der Waals surface area contributed by atoms with E-state index in [9.17, 15) is 17.6 Å². The first-order valence-electron chi connectivity index (χ1n) is 6.14. The first-order valence-corrected chi connectivity index (χ1v) is 6.94. The second kappa shape index (κ2) is 7.83. The summed E-state index contributed by atoms with van der Waals surface area (Å²) in [6.07, 6.45) is -2.86. The minimum absolute atomic E-state index is 0.0286. The van der Waals surface area contributed by atoms with E-state index < -0.39 is 18.9 Å². The van der Waals surface area contributed by atoms with E-state index in [4.69, 9.17) is 4.74 Å². The van der Waals surface area contributed by atoms with Crippen molar-refractivity contribution in [2.24, 2.45) is 0 Å². The van der Waals surface area contributed by atoms with Gasteiger partial charge < -0.3 is 10.1 Å². The number of rotatable bonds is 8. The van der Waals surface area contributed by atoms with Gasteiger partial charge in [-0.05, 0) is 24.6 Å². The topological polar surface area (TPSA) is 21.3 Å². The lowest BCUT2D eigenvalue weighted by Gasteiger charge is -2.17. The molecular weight excluding hydrogens is 342 g/mol. The highest BCUT2D eigenvalue weighted by molar-refractivity contribution is 9.10. The van der Waals surface area contributed by atoms with Crippen LogP contribution in [-0.2, 0) is 6.54 Å². The Morgan fingerprint density at radius 3 is 2.65 bits per heavy atom. The van der Waals surface area contributed by atoms with E-state index in [1.165, 1.54) is 0 Å². The molecule has 2 nitrogen and oxygen atoms in total. The fourth-order valence-electron chi connectivity index (χ4n) is 1.48. The predicted molar refractivity (Wildman–Crippen MR) is 72.6 cm³/mol. The van der Waals surface area contributed by atoms with Gasteiger partial charge >= 0.3 is 12.3 Å². The molecule has 0 aromatic heterocycles. The summed E-state index contributed by atoms with van der Waals surface area (Å²) in [6, 6.07) is 5.18. The van der Waals surface area contributed by atoms with Crippen LogP contribution in [0.4, 0.5) is 17.6 Å². The highest BCUT2D eigenvalue weighted by Gasteiger charge is 2.40. The molecule has 0 aliphatic heterocycles. The van der Waals surface area contributed by atoms with E-state index in [-0.39, 0.29) is 6.54 Å². The summed E-state index contributed by atoms with van der Waals surface area (Å²) in [4.78, 5) is 0. The van der Waals surface area contributed by atoms with Gasteiger partial charge in [0, 0.05) is 16.6 Å². The van der Waals surface area contributed by atoms with Crippen molar-refractivity contribution in [3.8, 4) is 5.75 Å². The van der Waals surface area contributed by atoms with E-state index >= 15 is 0 Å². The molecular formula is C13H16BrF4NO. The summed E-state index contributed by atoms with van der Waals surface area (Å²) < 4.78 is 55.8. The Morgan fingerprint density at radius 1 is 1.35 bits per heavy atom. The van der Waals surface area contributed by atoms with Gasteiger partial charge in [0.2, 0.25) is 0 Å². The van der Waals surface area contributed by atoms with Crippen LogP contribution >= 0.6 is 15.9 Å². The highest BCUT2D eigenvalue weighted by atomic mass is 79.9. The molecule has 0 bridgehead atoms. The van der Waals surface area contributed by atoms with Gasteiger partial charge in [0.15, 0.2) is 0 Å². The first-order chi connectivity index (χ1) is 9.36. The summed E-state index contributed by atoms with van der Waals surface area (Å²) in [6.45, 7) is 1.40. The van der Waals surface area contributed by atoms with Crippen molar-refractivity contribution < 1.29 is 22.3 Å². The summed E-state index contributed by atoms with van der Waals surface area (Å²) >= 11 is 3.27. The average Bonchev–Trinajstić information content (AvgIpc) is 2.37. The molecule has 0 fully saturated rings. The molecule has 0 unspecified atom stereocenters. The Morgan fingerprint density at radius 2 is 2.05 bits per heavy atom. The van der Waals surface area contributed by atoms with Crippen molar-refractivity contribution in [1.29, 1.82) is 0 Å². The third-order valence-corrected chi connectivity index (χ3v) is 2.97. The Balaban J connectivity index is 2.64. The van der Waals surface area contributed by atoms with E-state index in [1.807, 2.05) is 6.92 Å². The molecule has 0 spiro atoms. The second-order valence-electron chi connectivity index (χ2n) is 4.27. The zero-order chi connectivity index (χ0) is 15.2. The summed E-state index contributed by atoms with van der Waals surface area (Å²) in [5.74, 6) is -3.47. The Bertz CT molecular complexity index is 429. The van der Waals surface area contributed by atoms with Crippen molar-refractivity contribution in [1.82, 2.24) is 5.32 Å². The van der Waals surface area contributed by atoms with E-state index in [0.717, 1.165) is 10.9 Å². The molecule has 1 aromatic carbocycles. The molecule has 1 aromatic rings. The van der Waals surface area contributed by atoms with Crippen LogP contribution in [0.25, 0.3) is 0 Å². The molecule has 7 heteroatoms. The maximum atomic E-state index is 12.8. The molecule has 114 valence electrons. The molecule has 0 saturated heterocycles. The van der Waals surface area contributed by atoms with Crippen molar-refractivity contribution >= 4 is 15.9 Å². The smallest absolute Gasteiger partial charge is 0.319 e. The van der Waals surface area contributed by atoms with Crippen molar-refractivity contribution in [3.63, 3.8) is 0 Å². The SMILES string of the molecule is CCCOc1ccc(Br)cc1CNCC(F)(F)C(F)F. The van der Waals surface area contributed by atoms with Crippen molar-refractivity contribution in [2.45, 2.75) is 32.2 Å². The Hall–Kier alpha value is -0.820. The van der Waals surface area contributed by atoms with Gasteiger partial charge in [-0.1, -0.05) is 22.9 Å². The van der Waals surface area contributed by atoms with E-state index in [1.54, 1.807) is 18.2 Å². The van der Waals surface area contributed by atoms with Gasteiger partial charge in [-0.3, -0.25) is 0 Å². The molecule has 0 saturated carbocycles. The molecule has 0 aliphatic rings. The van der Waals surface area contributed by atoms with Gasteiger partial charge in [0.25, 0.3) is 0 Å². The van der Waals surface area contributed by atoms with E-state index in [2.05, 4.69) is 21.2 Å². The normalized spacial score (nSPS) is 11.9. The fourth-order valence-corrected chi connectivity index (χ4v) is 1.89. The van der Waals surface area contributed by atoms with Gasteiger partial charge in [-0.25, -0.2) is 8.78 Å². The number of alkyl halides is 4. The van der Waals surface area contributed by atoms with Crippen LogP contribution in [0.1, 0.15) is 18.9 Å². The van der Waals surface area contributed by atoms with Crippen LogP contribution in [-0.4, -0.2) is 25.5 Å². The van der Waals surface area contributed by atoms with Crippen LogP contribution < -0.4 is 10.1 Å². The van der Waals surface area contributed by atoms with Crippen LogP contribution in [0.5, 0.6) is 5.75 Å². The zero-order valence-corrected chi connectivity index (χ0v) is 12.5. The van der Waals surface area contributed by atoms with Crippen LogP contribution in [0, 0.1) is 0 Å². The van der Waals surface area contributed by atoms with Crippen molar-refractivity contribution in [3.05, 3.63) is 28.2 Å². The lowest BCUT2D eigenvalue weighted by Crippen LogP contribution is -2.38. The number of benzene rings is 1. The Labute approximate surface area is 123 Å². The van der Waals surface area contributed by atoms with E-state index in [0.29, 0.717) is 17.9 Å². The quantitative estimate of drug-likeness (QED) is 0.703.